The smallest absolute Gasteiger partial charge is 0.270 e. The van der Waals surface area contributed by atoms with Gasteiger partial charge in [0.2, 0.25) is 5.88 Å². The minimum Gasteiger partial charge on any atom is -0.491 e. The number of benzene rings is 3. The first-order valence-corrected chi connectivity index (χ1v) is 16.2. The molecule has 48 heavy (non-hydrogen) atoms. The molecule has 9 nitrogen and oxygen atoms in total. The fraction of sp³-hybridized carbons (Fsp3) is 0.250. The van der Waals surface area contributed by atoms with Crippen LogP contribution in [0.4, 0.5) is 10.1 Å². The van der Waals surface area contributed by atoms with Gasteiger partial charge in [-0.15, -0.1) is 0 Å². The Balaban J connectivity index is 1.06. The molecule has 0 radical (unpaired) electrons. The van der Waals surface area contributed by atoms with Gasteiger partial charge < -0.3 is 23.8 Å². The van der Waals surface area contributed by atoms with E-state index in [1.54, 1.807) is 37.5 Å². The highest BCUT2D eigenvalue weighted by Crippen LogP contribution is 2.29. The Kier molecular flexibility index (Phi) is 10.1. The number of pyridine rings is 1. The van der Waals surface area contributed by atoms with Gasteiger partial charge in [-0.25, -0.2) is 9.37 Å². The number of halogens is 3. The van der Waals surface area contributed by atoms with E-state index in [1.807, 2.05) is 65.0 Å². The number of rotatable bonds is 10. The van der Waals surface area contributed by atoms with Crippen molar-refractivity contribution >= 4 is 51.6 Å². The van der Waals surface area contributed by atoms with Gasteiger partial charge in [0.25, 0.3) is 11.8 Å². The summed E-state index contributed by atoms with van der Waals surface area (Å²) in [6.07, 6.45) is 1.56. The van der Waals surface area contributed by atoms with Crippen LogP contribution in [0.3, 0.4) is 0 Å². The van der Waals surface area contributed by atoms with E-state index in [1.165, 1.54) is 11.0 Å². The Morgan fingerprint density at radius 3 is 2.33 bits per heavy atom. The zero-order valence-electron chi connectivity index (χ0n) is 26.5. The van der Waals surface area contributed by atoms with Crippen LogP contribution in [0.25, 0.3) is 10.9 Å². The van der Waals surface area contributed by atoms with Crippen LogP contribution in [0.1, 0.15) is 26.4 Å². The molecule has 2 aromatic heterocycles. The van der Waals surface area contributed by atoms with Crippen molar-refractivity contribution in [2.24, 2.45) is 7.05 Å². The number of hydrogen-bond donors (Lipinski definition) is 0. The Morgan fingerprint density at radius 2 is 1.65 bits per heavy atom. The second-order valence-corrected chi connectivity index (χ2v) is 12.3. The number of carbonyl (C=O) groups excluding carboxylic acids is 2. The van der Waals surface area contributed by atoms with Crippen molar-refractivity contribution in [3.8, 4) is 17.4 Å². The third-order valence-corrected chi connectivity index (χ3v) is 9.11. The van der Waals surface area contributed by atoms with Gasteiger partial charge in [0.05, 0.1) is 27.4 Å². The third kappa shape index (κ3) is 7.41. The number of piperazine rings is 1. The number of alkyl halides is 1. The summed E-state index contributed by atoms with van der Waals surface area (Å²) in [6.45, 7) is 3.09. The molecule has 1 saturated heterocycles. The lowest BCUT2D eigenvalue weighted by atomic mass is 10.2. The molecule has 1 aliphatic heterocycles. The van der Waals surface area contributed by atoms with Crippen LogP contribution in [0.5, 0.6) is 17.4 Å². The number of ether oxygens (including phenoxy) is 2. The quantitative estimate of drug-likeness (QED) is 0.154. The average molecular weight is 691 g/mol. The predicted molar refractivity (Wildman–Crippen MR) is 186 cm³/mol. The molecule has 2 amide bonds. The topological polar surface area (TPSA) is 80.1 Å². The Labute approximate surface area is 288 Å². The second kappa shape index (κ2) is 14.6. The summed E-state index contributed by atoms with van der Waals surface area (Å²) in [6, 6.07) is 23.4. The maximum absolute atomic E-state index is 13.6. The number of carbonyl (C=O) groups is 2. The summed E-state index contributed by atoms with van der Waals surface area (Å²) in [5, 5.41) is 1.61. The zero-order valence-corrected chi connectivity index (χ0v) is 28.0. The predicted octanol–water partition coefficient (Wildman–Crippen LogP) is 7.26. The Bertz CT molecular complexity index is 1930. The Morgan fingerprint density at radius 1 is 0.896 bits per heavy atom. The van der Waals surface area contributed by atoms with Gasteiger partial charge in [-0.2, -0.15) is 0 Å². The fourth-order valence-corrected chi connectivity index (χ4v) is 5.95. The number of aromatic nitrogens is 2. The van der Waals surface area contributed by atoms with Gasteiger partial charge in [0.15, 0.2) is 0 Å². The summed E-state index contributed by atoms with van der Waals surface area (Å²) >= 11 is 12.1. The monoisotopic (exact) mass is 689 g/mol. The van der Waals surface area contributed by atoms with Crippen LogP contribution in [-0.2, 0) is 13.6 Å². The maximum Gasteiger partial charge on any atom is 0.270 e. The van der Waals surface area contributed by atoms with Crippen LogP contribution >= 0.6 is 23.2 Å². The van der Waals surface area contributed by atoms with E-state index in [2.05, 4.69) is 9.88 Å². The standard InChI is InChI=1S/C36H34Cl2FN5O4/c1-41(35(45)26-6-11-30(37)31(38)19-26)27-7-12-34(40-22-27)48-29-10-5-25-20-33(42(2)32(25)21-29)36(46)44-16-14-43(15-17-44)23-24-3-8-28(9-4-24)47-18-13-39/h3-12,19-22H,13-18,23H2,1-2H3. The highest BCUT2D eigenvalue weighted by Gasteiger charge is 2.25. The fourth-order valence-electron chi connectivity index (χ4n) is 5.65. The van der Waals surface area contributed by atoms with Crippen molar-refractivity contribution in [3.05, 3.63) is 112 Å². The molecule has 12 heteroatoms. The molecule has 3 aromatic carbocycles. The second-order valence-electron chi connectivity index (χ2n) is 11.5. The number of amides is 2. The first kappa shape index (κ1) is 33.3. The molecule has 0 saturated carbocycles. The molecule has 0 N–H and O–H groups in total. The molecule has 248 valence electrons. The first-order chi connectivity index (χ1) is 23.2. The molecule has 0 spiro atoms. The van der Waals surface area contributed by atoms with Crippen LogP contribution in [0.15, 0.2) is 85.1 Å². The van der Waals surface area contributed by atoms with Crippen molar-refractivity contribution in [3.63, 3.8) is 0 Å². The SMILES string of the molecule is CN(C(=O)c1ccc(Cl)c(Cl)c1)c1ccc(Oc2ccc3cc(C(=O)N4CCN(Cc5ccc(OCCF)cc5)CC4)n(C)c3c2)nc1. The van der Waals surface area contributed by atoms with Crippen molar-refractivity contribution in [1.29, 1.82) is 0 Å². The molecule has 5 aromatic rings. The lowest BCUT2D eigenvalue weighted by Crippen LogP contribution is -2.48. The third-order valence-electron chi connectivity index (χ3n) is 8.37. The van der Waals surface area contributed by atoms with Gasteiger partial charge in [-0.1, -0.05) is 35.3 Å². The molecule has 1 fully saturated rings. The minimum absolute atomic E-state index is 0.0121. The van der Waals surface area contributed by atoms with E-state index in [9.17, 15) is 14.0 Å². The van der Waals surface area contributed by atoms with Crippen molar-refractivity contribution in [2.75, 3.05) is 51.4 Å². The highest BCUT2D eigenvalue weighted by atomic mass is 35.5. The van der Waals surface area contributed by atoms with Crippen molar-refractivity contribution in [1.82, 2.24) is 19.4 Å². The van der Waals surface area contributed by atoms with E-state index < -0.39 is 6.67 Å². The van der Waals surface area contributed by atoms with Gasteiger partial charge in [-0.3, -0.25) is 14.5 Å². The van der Waals surface area contributed by atoms with Gasteiger partial charge in [-0.05, 0) is 60.2 Å². The number of hydrogen-bond acceptors (Lipinski definition) is 6. The van der Waals surface area contributed by atoms with Gasteiger partial charge >= 0.3 is 0 Å². The van der Waals surface area contributed by atoms with E-state index in [-0.39, 0.29) is 18.4 Å². The average Bonchev–Trinajstić information content (AvgIpc) is 3.44. The van der Waals surface area contributed by atoms with Crippen molar-refractivity contribution in [2.45, 2.75) is 6.54 Å². The molecule has 0 aliphatic carbocycles. The number of nitrogens with zero attached hydrogens (tertiary/aromatic N) is 5. The lowest BCUT2D eigenvalue weighted by Gasteiger charge is -2.34. The summed E-state index contributed by atoms with van der Waals surface area (Å²) < 4.78 is 25.6. The molecule has 0 bridgehead atoms. The summed E-state index contributed by atoms with van der Waals surface area (Å²) in [5.41, 5.74) is 3.59. The number of anilines is 1. The van der Waals surface area contributed by atoms with E-state index in [0.717, 1.165) is 36.1 Å². The maximum atomic E-state index is 13.6. The van der Waals surface area contributed by atoms with Crippen LogP contribution in [-0.4, -0.2) is 77.7 Å². The number of fused-ring (bicyclic) bond motifs is 1. The largest absolute Gasteiger partial charge is 0.491 e. The van der Waals surface area contributed by atoms with E-state index >= 15 is 0 Å². The van der Waals surface area contributed by atoms with E-state index in [4.69, 9.17) is 32.7 Å². The van der Waals surface area contributed by atoms with Crippen LogP contribution < -0.4 is 14.4 Å². The van der Waals surface area contributed by atoms with Crippen LogP contribution in [0, 0.1) is 0 Å². The summed E-state index contributed by atoms with van der Waals surface area (Å²) in [7, 11) is 3.53. The van der Waals surface area contributed by atoms with Crippen molar-refractivity contribution < 1.29 is 23.5 Å². The Hall–Kier alpha value is -4.64. The molecular weight excluding hydrogens is 656 g/mol. The molecule has 0 unspecified atom stereocenters. The first-order valence-electron chi connectivity index (χ1n) is 15.5. The van der Waals surface area contributed by atoms with Crippen LogP contribution in [0.2, 0.25) is 10.0 Å². The lowest BCUT2D eigenvalue weighted by molar-refractivity contribution is 0.0619. The molecule has 3 heterocycles. The van der Waals surface area contributed by atoms with E-state index in [0.29, 0.717) is 57.5 Å². The molecule has 6 rings (SSSR count). The molecule has 1 aliphatic rings. The minimum atomic E-state index is -0.513. The van der Waals surface area contributed by atoms with Gasteiger partial charge in [0, 0.05) is 69.9 Å². The summed E-state index contributed by atoms with van der Waals surface area (Å²) in [5.74, 6) is 1.32. The summed E-state index contributed by atoms with van der Waals surface area (Å²) in [4.78, 5) is 36.6. The zero-order chi connectivity index (χ0) is 33.8. The van der Waals surface area contributed by atoms with Gasteiger partial charge in [0.1, 0.15) is 30.5 Å². The molecule has 0 atom stereocenters. The molecular formula is C36H34Cl2FN5O4. The normalized spacial score (nSPS) is 13.5. The number of aryl methyl sites for hydroxylation is 1. The highest BCUT2D eigenvalue weighted by molar-refractivity contribution is 6.42.